The second-order valence-electron chi connectivity index (χ2n) is 7.17. The number of carbonyl (C=O) groups excluding carboxylic acids is 3. The maximum absolute atomic E-state index is 12.3. The van der Waals surface area contributed by atoms with E-state index in [1.807, 2.05) is 0 Å². The number of aryl methyl sites for hydroxylation is 1. The molecule has 1 saturated carbocycles. The minimum absolute atomic E-state index is 0.0138. The van der Waals surface area contributed by atoms with Gasteiger partial charge in [-0.05, 0) is 49.6 Å². The first-order valence-corrected chi connectivity index (χ1v) is 11.2. The topological polar surface area (TPSA) is 119 Å². The molecule has 0 radical (unpaired) electrons. The maximum Gasteiger partial charge on any atom is 0.338 e. The Labute approximate surface area is 174 Å². The van der Waals surface area contributed by atoms with Crippen molar-refractivity contribution in [3.05, 3.63) is 59.2 Å². The zero-order chi connectivity index (χ0) is 21.9. The fourth-order valence-corrected chi connectivity index (χ4v) is 3.37. The van der Waals surface area contributed by atoms with Crippen molar-refractivity contribution in [1.29, 1.82) is 0 Å². The SMILES string of the molecule is Cc1ccc(S(C)(=O)=O)cc1C(=O)OCC(=O)Nc1ccccc1C(=O)NC1CC1. The van der Waals surface area contributed by atoms with Crippen LogP contribution in [0.3, 0.4) is 0 Å². The molecule has 8 nitrogen and oxygen atoms in total. The summed E-state index contributed by atoms with van der Waals surface area (Å²) >= 11 is 0. The van der Waals surface area contributed by atoms with Crippen LogP contribution in [0.4, 0.5) is 5.69 Å². The first-order valence-electron chi connectivity index (χ1n) is 9.32. The van der Waals surface area contributed by atoms with Gasteiger partial charge in [-0.1, -0.05) is 18.2 Å². The third kappa shape index (κ3) is 5.44. The smallest absolute Gasteiger partial charge is 0.338 e. The molecule has 2 N–H and O–H groups in total. The van der Waals surface area contributed by atoms with Crippen LogP contribution in [0.1, 0.15) is 39.1 Å². The van der Waals surface area contributed by atoms with Gasteiger partial charge in [-0.25, -0.2) is 13.2 Å². The van der Waals surface area contributed by atoms with Crippen molar-refractivity contribution < 1.29 is 27.5 Å². The van der Waals surface area contributed by atoms with Crippen LogP contribution in [-0.2, 0) is 19.4 Å². The highest BCUT2D eigenvalue weighted by Crippen LogP contribution is 2.22. The Morgan fingerprint density at radius 3 is 2.43 bits per heavy atom. The minimum atomic E-state index is -3.49. The molecular formula is C21H22N2O6S. The summed E-state index contributed by atoms with van der Waals surface area (Å²) in [7, 11) is -3.49. The predicted octanol–water partition coefficient (Wildman–Crippen LogP) is 2.09. The molecule has 0 bridgehead atoms. The lowest BCUT2D eigenvalue weighted by Gasteiger charge is -2.12. The summed E-state index contributed by atoms with van der Waals surface area (Å²) in [6.07, 6.45) is 2.92. The van der Waals surface area contributed by atoms with Gasteiger partial charge in [0.1, 0.15) is 0 Å². The molecule has 2 aromatic rings. The number of hydrogen-bond acceptors (Lipinski definition) is 6. The van der Waals surface area contributed by atoms with Gasteiger partial charge in [0, 0.05) is 12.3 Å². The highest BCUT2D eigenvalue weighted by atomic mass is 32.2. The normalized spacial score (nSPS) is 13.4. The molecule has 0 aliphatic heterocycles. The number of nitrogens with one attached hydrogen (secondary N) is 2. The number of carbonyl (C=O) groups is 3. The number of rotatable bonds is 7. The van der Waals surface area contributed by atoms with E-state index in [9.17, 15) is 22.8 Å². The van der Waals surface area contributed by atoms with Crippen LogP contribution in [0.25, 0.3) is 0 Å². The van der Waals surface area contributed by atoms with Crippen LogP contribution in [0.5, 0.6) is 0 Å². The number of amides is 2. The van der Waals surface area contributed by atoms with Crippen molar-refractivity contribution in [3.8, 4) is 0 Å². The van der Waals surface area contributed by atoms with Crippen molar-refractivity contribution in [2.75, 3.05) is 18.2 Å². The summed E-state index contributed by atoms with van der Waals surface area (Å²) in [4.78, 5) is 36.9. The fourth-order valence-electron chi connectivity index (χ4n) is 2.73. The quantitative estimate of drug-likeness (QED) is 0.650. The van der Waals surface area contributed by atoms with Gasteiger partial charge >= 0.3 is 5.97 Å². The lowest BCUT2D eigenvalue weighted by molar-refractivity contribution is -0.119. The van der Waals surface area contributed by atoms with E-state index in [4.69, 9.17) is 4.74 Å². The number of esters is 1. The Kier molecular flexibility index (Phi) is 6.21. The van der Waals surface area contributed by atoms with Crippen molar-refractivity contribution in [3.63, 3.8) is 0 Å². The molecule has 0 saturated heterocycles. The standard InChI is InChI=1S/C21H22N2O6S/c1-13-7-10-15(30(2,27)28)11-17(13)21(26)29-12-19(24)23-18-6-4-3-5-16(18)20(25)22-14-8-9-14/h3-7,10-11,14H,8-9,12H2,1-2H3,(H,22,25)(H,23,24). The molecule has 158 valence electrons. The minimum Gasteiger partial charge on any atom is -0.452 e. The largest absolute Gasteiger partial charge is 0.452 e. The molecule has 2 amide bonds. The van der Waals surface area contributed by atoms with Crippen LogP contribution >= 0.6 is 0 Å². The van der Waals surface area contributed by atoms with Gasteiger partial charge in [-0.2, -0.15) is 0 Å². The molecule has 0 atom stereocenters. The van der Waals surface area contributed by atoms with E-state index in [1.54, 1.807) is 31.2 Å². The van der Waals surface area contributed by atoms with Gasteiger partial charge in [0.25, 0.3) is 11.8 Å². The lowest BCUT2D eigenvalue weighted by Crippen LogP contribution is -2.28. The highest BCUT2D eigenvalue weighted by Gasteiger charge is 2.25. The van der Waals surface area contributed by atoms with Crippen LogP contribution in [0.2, 0.25) is 0 Å². The number of benzene rings is 2. The molecule has 1 fully saturated rings. The zero-order valence-corrected chi connectivity index (χ0v) is 17.4. The third-order valence-corrected chi connectivity index (χ3v) is 5.66. The number of sulfone groups is 1. The van der Waals surface area contributed by atoms with Gasteiger partial charge in [-0.3, -0.25) is 9.59 Å². The van der Waals surface area contributed by atoms with E-state index in [0.717, 1.165) is 19.1 Å². The summed E-state index contributed by atoms with van der Waals surface area (Å²) in [6, 6.07) is 10.8. The monoisotopic (exact) mass is 430 g/mol. The van der Waals surface area contributed by atoms with Crippen molar-refractivity contribution in [1.82, 2.24) is 5.32 Å². The molecule has 0 unspecified atom stereocenters. The van der Waals surface area contributed by atoms with Crippen LogP contribution in [0, 0.1) is 6.92 Å². The lowest BCUT2D eigenvalue weighted by atomic mass is 10.1. The van der Waals surface area contributed by atoms with Crippen molar-refractivity contribution >= 4 is 33.3 Å². The van der Waals surface area contributed by atoms with E-state index in [0.29, 0.717) is 16.8 Å². The van der Waals surface area contributed by atoms with Gasteiger partial charge in [0.05, 0.1) is 21.7 Å². The molecule has 9 heteroatoms. The number of hydrogen-bond donors (Lipinski definition) is 2. The van der Waals surface area contributed by atoms with Crippen LogP contribution in [0.15, 0.2) is 47.4 Å². The maximum atomic E-state index is 12.3. The summed E-state index contributed by atoms with van der Waals surface area (Å²) in [6.45, 7) is 1.05. The molecule has 1 aliphatic carbocycles. The first-order chi connectivity index (χ1) is 14.1. The van der Waals surface area contributed by atoms with Crippen molar-refractivity contribution in [2.24, 2.45) is 0 Å². The average Bonchev–Trinajstić information content (AvgIpc) is 3.50. The Balaban J connectivity index is 1.64. The molecule has 30 heavy (non-hydrogen) atoms. The molecule has 0 spiro atoms. The number of para-hydroxylation sites is 1. The summed E-state index contributed by atoms with van der Waals surface area (Å²) in [5.74, 6) is -1.71. The molecule has 2 aromatic carbocycles. The second-order valence-corrected chi connectivity index (χ2v) is 9.18. The first kappa shape index (κ1) is 21.5. The van der Waals surface area contributed by atoms with E-state index in [1.165, 1.54) is 18.2 Å². The van der Waals surface area contributed by atoms with E-state index in [2.05, 4.69) is 10.6 Å². The summed E-state index contributed by atoms with van der Waals surface area (Å²) < 4.78 is 28.4. The molecule has 3 rings (SSSR count). The van der Waals surface area contributed by atoms with E-state index < -0.39 is 28.3 Å². The third-order valence-electron chi connectivity index (χ3n) is 4.55. The van der Waals surface area contributed by atoms with Crippen LogP contribution < -0.4 is 10.6 Å². The fraction of sp³-hybridized carbons (Fsp3) is 0.286. The second kappa shape index (κ2) is 8.66. The van der Waals surface area contributed by atoms with E-state index >= 15 is 0 Å². The Morgan fingerprint density at radius 1 is 1.07 bits per heavy atom. The summed E-state index contributed by atoms with van der Waals surface area (Å²) in [5.41, 5.74) is 1.22. The Morgan fingerprint density at radius 2 is 1.77 bits per heavy atom. The van der Waals surface area contributed by atoms with Gasteiger partial charge in [0.15, 0.2) is 16.4 Å². The van der Waals surface area contributed by atoms with Crippen molar-refractivity contribution in [2.45, 2.75) is 30.7 Å². The number of ether oxygens (including phenoxy) is 1. The predicted molar refractivity (Wildman–Crippen MR) is 110 cm³/mol. The van der Waals surface area contributed by atoms with Gasteiger partial charge in [0.2, 0.25) is 0 Å². The molecule has 0 aromatic heterocycles. The molecule has 0 heterocycles. The molecular weight excluding hydrogens is 408 g/mol. The van der Waals surface area contributed by atoms with Gasteiger partial charge < -0.3 is 15.4 Å². The zero-order valence-electron chi connectivity index (χ0n) is 16.6. The Hall–Kier alpha value is -3.20. The average molecular weight is 430 g/mol. The highest BCUT2D eigenvalue weighted by molar-refractivity contribution is 7.90. The number of anilines is 1. The molecule has 1 aliphatic rings. The Bertz CT molecular complexity index is 1110. The van der Waals surface area contributed by atoms with Crippen LogP contribution in [-0.4, -0.2) is 45.1 Å². The summed E-state index contributed by atoms with van der Waals surface area (Å²) in [5, 5.41) is 5.42. The van der Waals surface area contributed by atoms with Gasteiger partial charge in [-0.15, -0.1) is 0 Å². The van der Waals surface area contributed by atoms with E-state index in [-0.39, 0.29) is 22.4 Å².